The van der Waals surface area contributed by atoms with Gasteiger partial charge in [-0.15, -0.1) is 0 Å². The first kappa shape index (κ1) is 12.9. The number of benzene rings is 2. The third-order valence-electron chi connectivity index (χ3n) is 1.66. The zero-order chi connectivity index (χ0) is 6.81. The van der Waals surface area contributed by atoms with Gasteiger partial charge in [-0.05, 0) is 10.8 Å². The zero-order valence-corrected chi connectivity index (χ0v) is 10.7. The summed E-state index contributed by atoms with van der Waals surface area (Å²) in [7, 11) is 0. The van der Waals surface area contributed by atoms with Crippen molar-refractivity contribution >= 4 is 10.8 Å². The predicted molar refractivity (Wildman–Crippen MR) is 46.2 cm³/mol. The van der Waals surface area contributed by atoms with Crippen molar-refractivity contribution in [2.24, 2.45) is 0 Å². The Kier molecular flexibility index (Phi) is 6.89. The van der Waals surface area contributed by atoms with E-state index in [1.165, 1.54) is 10.8 Å². The summed E-state index contributed by atoms with van der Waals surface area (Å²) in [4.78, 5) is 0. The second kappa shape index (κ2) is 6.40. The summed E-state index contributed by atoms with van der Waals surface area (Å²) < 4.78 is 0. The molecule has 0 fully saturated rings. The molecule has 0 atom stereocenters. The standard InChI is InChI=1S/C10H8.K.Li.2H/c1-2-6-10-8-4-3-7-9(10)5-1;;;;/h1-8H;;;;/q;2*+1;2*-1. The summed E-state index contributed by atoms with van der Waals surface area (Å²) in [6, 6.07) is 16.7. The fourth-order valence-corrected chi connectivity index (χ4v) is 1.13. The Labute approximate surface area is 130 Å². The second-order valence-corrected chi connectivity index (χ2v) is 2.35. The maximum Gasteiger partial charge on any atom is 1.00 e. The molecule has 0 aromatic heterocycles. The molecule has 0 spiro atoms. The summed E-state index contributed by atoms with van der Waals surface area (Å²) in [5.74, 6) is 0. The average Bonchev–Trinajstić information content (AvgIpc) is 2.05. The Morgan fingerprint density at radius 3 is 1.17 bits per heavy atom. The van der Waals surface area contributed by atoms with E-state index < -0.39 is 0 Å². The van der Waals surface area contributed by atoms with Crippen LogP contribution in [-0.4, -0.2) is 0 Å². The van der Waals surface area contributed by atoms with Gasteiger partial charge in [0.2, 0.25) is 0 Å². The van der Waals surface area contributed by atoms with Gasteiger partial charge in [0.1, 0.15) is 0 Å². The molecule has 0 aliphatic rings. The molecule has 52 valence electrons. The molecule has 0 amide bonds. The van der Waals surface area contributed by atoms with Crippen molar-refractivity contribution in [3.63, 3.8) is 0 Å². The molecule has 0 heterocycles. The third kappa shape index (κ3) is 3.01. The van der Waals surface area contributed by atoms with Crippen LogP contribution in [0.2, 0.25) is 0 Å². The van der Waals surface area contributed by atoms with Crippen molar-refractivity contribution < 1.29 is 73.1 Å². The van der Waals surface area contributed by atoms with Crippen molar-refractivity contribution in [2.75, 3.05) is 0 Å². The molecule has 0 aliphatic carbocycles. The van der Waals surface area contributed by atoms with E-state index in [1.807, 2.05) is 0 Å². The van der Waals surface area contributed by atoms with Crippen LogP contribution in [0.3, 0.4) is 0 Å². The van der Waals surface area contributed by atoms with Gasteiger partial charge in [-0.3, -0.25) is 0 Å². The summed E-state index contributed by atoms with van der Waals surface area (Å²) in [5.41, 5.74) is 0. The SMILES string of the molecule is [H-].[H-].[K+].[Li+].c1ccc2ccccc2c1. The van der Waals surface area contributed by atoms with E-state index in [0.29, 0.717) is 0 Å². The van der Waals surface area contributed by atoms with E-state index in [-0.39, 0.29) is 73.1 Å². The molecular formula is C10H10KLi. The van der Waals surface area contributed by atoms with Gasteiger partial charge in [-0.25, -0.2) is 0 Å². The summed E-state index contributed by atoms with van der Waals surface area (Å²) in [6.07, 6.45) is 0. The molecule has 2 aromatic rings. The average molecular weight is 176 g/mol. The molecule has 0 saturated carbocycles. The fourth-order valence-electron chi connectivity index (χ4n) is 1.13. The van der Waals surface area contributed by atoms with Crippen molar-refractivity contribution in [3.05, 3.63) is 48.5 Å². The number of fused-ring (bicyclic) bond motifs is 1. The maximum atomic E-state index is 2.12. The van der Waals surface area contributed by atoms with Gasteiger partial charge in [0, 0.05) is 0 Å². The number of hydrogen-bond acceptors (Lipinski definition) is 0. The fraction of sp³-hybridized carbons (Fsp3) is 0. The van der Waals surface area contributed by atoms with Crippen LogP contribution < -0.4 is 70.2 Å². The van der Waals surface area contributed by atoms with Crippen LogP contribution in [0.5, 0.6) is 0 Å². The minimum atomic E-state index is 0. The van der Waals surface area contributed by atoms with Gasteiger partial charge in [0.25, 0.3) is 0 Å². The van der Waals surface area contributed by atoms with Gasteiger partial charge in [-0.2, -0.15) is 0 Å². The number of hydrogen-bond donors (Lipinski definition) is 0. The molecule has 0 unspecified atom stereocenters. The second-order valence-electron chi connectivity index (χ2n) is 2.35. The molecule has 2 rings (SSSR count). The Balaban J connectivity index is -0.000000302. The molecule has 0 radical (unpaired) electrons. The van der Waals surface area contributed by atoms with E-state index in [0.717, 1.165) is 0 Å². The van der Waals surface area contributed by atoms with Crippen molar-refractivity contribution in [1.82, 2.24) is 0 Å². The van der Waals surface area contributed by atoms with Crippen LogP contribution in [-0.2, 0) is 0 Å². The summed E-state index contributed by atoms with van der Waals surface area (Å²) in [6.45, 7) is 0. The van der Waals surface area contributed by atoms with E-state index >= 15 is 0 Å². The summed E-state index contributed by atoms with van der Waals surface area (Å²) in [5, 5.41) is 2.62. The van der Waals surface area contributed by atoms with Gasteiger partial charge < -0.3 is 2.85 Å². The zero-order valence-electron chi connectivity index (χ0n) is 9.62. The molecule has 2 heteroatoms. The molecule has 0 N–H and O–H groups in total. The van der Waals surface area contributed by atoms with Crippen LogP contribution in [0, 0.1) is 0 Å². The largest absolute Gasteiger partial charge is 1.00 e. The van der Waals surface area contributed by atoms with Crippen molar-refractivity contribution in [1.29, 1.82) is 0 Å². The predicted octanol–water partition coefficient (Wildman–Crippen LogP) is -2.93. The number of rotatable bonds is 0. The van der Waals surface area contributed by atoms with Crippen molar-refractivity contribution in [2.45, 2.75) is 0 Å². The van der Waals surface area contributed by atoms with E-state index in [2.05, 4.69) is 48.5 Å². The van der Waals surface area contributed by atoms with Gasteiger partial charge in [0.15, 0.2) is 0 Å². The van der Waals surface area contributed by atoms with Crippen LogP contribution in [0.15, 0.2) is 48.5 Å². The van der Waals surface area contributed by atoms with Gasteiger partial charge in [-0.1, -0.05) is 48.5 Å². The Morgan fingerprint density at radius 1 is 0.667 bits per heavy atom. The first-order valence-corrected chi connectivity index (χ1v) is 3.40. The minimum absolute atomic E-state index is 0. The van der Waals surface area contributed by atoms with Crippen LogP contribution >= 0.6 is 0 Å². The maximum absolute atomic E-state index is 2.12. The molecule has 0 nitrogen and oxygen atoms in total. The topological polar surface area (TPSA) is 0 Å². The van der Waals surface area contributed by atoms with E-state index in [1.54, 1.807) is 0 Å². The molecule has 12 heavy (non-hydrogen) atoms. The first-order chi connectivity index (χ1) is 4.97. The van der Waals surface area contributed by atoms with Crippen LogP contribution in [0.4, 0.5) is 0 Å². The first-order valence-electron chi connectivity index (χ1n) is 3.40. The molecule has 2 aromatic carbocycles. The van der Waals surface area contributed by atoms with E-state index in [9.17, 15) is 0 Å². The molecule has 0 bridgehead atoms. The molecular weight excluding hydrogens is 166 g/mol. The molecule has 0 aliphatic heterocycles. The van der Waals surface area contributed by atoms with E-state index in [4.69, 9.17) is 0 Å². The minimum Gasteiger partial charge on any atom is -1.00 e. The normalized spacial score (nSPS) is 8.33. The van der Waals surface area contributed by atoms with Crippen LogP contribution in [0.1, 0.15) is 2.85 Å². The Hall–Kier alpha value is 0.934. The monoisotopic (exact) mass is 176 g/mol. The summed E-state index contributed by atoms with van der Waals surface area (Å²) >= 11 is 0. The Morgan fingerprint density at radius 2 is 0.917 bits per heavy atom. The van der Waals surface area contributed by atoms with Crippen LogP contribution in [0.25, 0.3) is 10.8 Å². The third-order valence-corrected chi connectivity index (χ3v) is 1.66. The Bertz CT molecular complexity index is 289. The quantitative estimate of drug-likeness (QED) is 0.377. The smallest absolute Gasteiger partial charge is 1.00 e. The van der Waals surface area contributed by atoms with Crippen molar-refractivity contribution in [3.8, 4) is 0 Å². The molecule has 0 saturated heterocycles. The van der Waals surface area contributed by atoms with Gasteiger partial charge in [0.05, 0.1) is 0 Å². The van der Waals surface area contributed by atoms with Gasteiger partial charge >= 0.3 is 70.2 Å².